The number of primary amides is 1. The first kappa shape index (κ1) is 16.6. The third kappa shape index (κ3) is 4.00. The highest BCUT2D eigenvalue weighted by Gasteiger charge is 2.20. The van der Waals surface area contributed by atoms with Crippen LogP contribution in [-0.2, 0) is 19.7 Å². The van der Waals surface area contributed by atoms with Crippen LogP contribution in [0.25, 0.3) is 0 Å². The predicted molar refractivity (Wildman–Crippen MR) is 71.3 cm³/mol. The molecule has 4 N–H and O–H groups in total. The first-order valence-electron chi connectivity index (χ1n) is 5.10. The van der Waals surface area contributed by atoms with Crippen LogP contribution in [0.3, 0.4) is 0 Å². The van der Waals surface area contributed by atoms with E-state index in [2.05, 4.69) is 20.8 Å². The van der Waals surface area contributed by atoms with Gasteiger partial charge in [-0.25, -0.2) is 13.2 Å². The topological polar surface area (TPSA) is 136 Å². The van der Waals surface area contributed by atoms with Crippen molar-refractivity contribution in [2.75, 3.05) is 6.61 Å². The lowest BCUT2D eigenvalue weighted by atomic mass is 10.1. The van der Waals surface area contributed by atoms with Crippen LogP contribution in [0.4, 0.5) is 0 Å². The molecule has 8 nitrogen and oxygen atoms in total. The molecular formula is C10H11BrN2O6S. The second-order valence-electron chi connectivity index (χ2n) is 3.72. The van der Waals surface area contributed by atoms with Crippen molar-refractivity contribution in [3.05, 3.63) is 27.7 Å². The molecule has 1 amide bonds. The number of amides is 1. The van der Waals surface area contributed by atoms with Crippen molar-refractivity contribution in [2.45, 2.75) is 11.8 Å². The van der Waals surface area contributed by atoms with Gasteiger partial charge in [-0.15, -0.1) is 0 Å². The highest BCUT2D eigenvalue weighted by atomic mass is 79.9. The van der Waals surface area contributed by atoms with Crippen molar-refractivity contribution in [2.24, 2.45) is 5.73 Å². The summed E-state index contributed by atoms with van der Waals surface area (Å²) in [5, 5.41) is 9.00. The largest absolute Gasteiger partial charge is 0.478 e. The fourth-order valence-corrected chi connectivity index (χ4v) is 2.73. The second kappa shape index (κ2) is 6.31. The predicted octanol–water partition coefficient (Wildman–Crippen LogP) is 0.151. The van der Waals surface area contributed by atoms with Crippen LogP contribution in [-0.4, -0.2) is 32.0 Å². The maximum Gasteiger partial charge on any atom is 0.336 e. The van der Waals surface area contributed by atoms with Gasteiger partial charge in [0.1, 0.15) is 6.61 Å². The molecule has 0 radical (unpaired) electrons. The molecule has 0 heterocycles. The lowest BCUT2D eigenvalue weighted by molar-refractivity contribution is -0.123. The van der Waals surface area contributed by atoms with E-state index in [1.165, 1.54) is 13.0 Å². The molecule has 1 aromatic carbocycles. The van der Waals surface area contributed by atoms with Gasteiger partial charge in [0, 0.05) is 4.47 Å². The van der Waals surface area contributed by atoms with Gasteiger partial charge in [-0.05, 0) is 24.6 Å². The summed E-state index contributed by atoms with van der Waals surface area (Å²) in [4.78, 5) is 27.2. The maximum absolute atomic E-state index is 11.9. The molecule has 0 spiro atoms. The Bertz CT molecular complexity index is 658. The van der Waals surface area contributed by atoms with E-state index in [-0.39, 0.29) is 10.5 Å². The average Bonchev–Trinajstić information content (AvgIpc) is 2.31. The first-order chi connectivity index (χ1) is 9.15. The molecule has 0 aliphatic heterocycles. The fraction of sp³-hybridized carbons (Fsp3) is 0.200. The number of halogens is 1. The number of hydrogen-bond acceptors (Lipinski definition) is 5. The molecule has 1 aromatic rings. The van der Waals surface area contributed by atoms with Crippen molar-refractivity contribution in [3.63, 3.8) is 0 Å². The number of nitrogens with one attached hydrogen (secondary N) is 1. The lowest BCUT2D eigenvalue weighted by Crippen LogP contribution is -2.29. The van der Waals surface area contributed by atoms with E-state index in [9.17, 15) is 18.0 Å². The molecule has 0 bridgehead atoms. The Kier molecular flexibility index (Phi) is 5.22. The Morgan fingerprint density at radius 1 is 1.45 bits per heavy atom. The Morgan fingerprint density at radius 3 is 2.55 bits per heavy atom. The zero-order chi connectivity index (χ0) is 15.5. The van der Waals surface area contributed by atoms with Crippen LogP contribution in [0.5, 0.6) is 0 Å². The SMILES string of the molecule is Cc1c(Br)cc(S(=O)(=O)NOCC(N)=O)cc1C(=O)O. The summed E-state index contributed by atoms with van der Waals surface area (Å²) in [6.07, 6.45) is 0. The zero-order valence-electron chi connectivity index (χ0n) is 10.2. The Labute approximate surface area is 123 Å². The number of carbonyl (C=O) groups excluding carboxylic acids is 1. The van der Waals surface area contributed by atoms with E-state index in [0.29, 0.717) is 10.0 Å². The Balaban J connectivity index is 3.13. The molecule has 110 valence electrons. The van der Waals surface area contributed by atoms with E-state index in [4.69, 9.17) is 10.8 Å². The van der Waals surface area contributed by atoms with Crippen LogP contribution in [0, 0.1) is 6.92 Å². The maximum atomic E-state index is 11.9. The molecule has 0 saturated carbocycles. The first-order valence-corrected chi connectivity index (χ1v) is 7.38. The summed E-state index contributed by atoms with van der Waals surface area (Å²) in [6, 6.07) is 2.20. The number of carboxylic acid groups (broad SMARTS) is 1. The summed E-state index contributed by atoms with van der Waals surface area (Å²) < 4.78 is 24.0. The number of rotatable bonds is 6. The van der Waals surface area contributed by atoms with Crippen molar-refractivity contribution < 1.29 is 28.0 Å². The molecule has 0 aliphatic rings. The van der Waals surface area contributed by atoms with Crippen molar-refractivity contribution >= 4 is 37.8 Å². The quantitative estimate of drug-likeness (QED) is 0.613. The minimum Gasteiger partial charge on any atom is -0.478 e. The second-order valence-corrected chi connectivity index (χ2v) is 6.22. The number of sulfonamides is 1. The smallest absolute Gasteiger partial charge is 0.336 e. The highest BCUT2D eigenvalue weighted by Crippen LogP contribution is 2.24. The molecule has 1 rings (SSSR count). The summed E-state index contributed by atoms with van der Waals surface area (Å²) in [5.74, 6) is -2.12. The van der Waals surface area contributed by atoms with E-state index in [0.717, 1.165) is 6.07 Å². The van der Waals surface area contributed by atoms with Gasteiger partial charge in [-0.3, -0.25) is 9.63 Å². The van der Waals surface area contributed by atoms with Crippen molar-refractivity contribution in [1.29, 1.82) is 0 Å². The van der Waals surface area contributed by atoms with E-state index in [1.807, 2.05) is 0 Å². The number of nitrogens with two attached hydrogens (primary N) is 1. The molecule has 0 aliphatic carbocycles. The zero-order valence-corrected chi connectivity index (χ0v) is 12.6. The van der Waals surface area contributed by atoms with Crippen LogP contribution in [0.15, 0.2) is 21.5 Å². The van der Waals surface area contributed by atoms with Crippen LogP contribution in [0.1, 0.15) is 15.9 Å². The van der Waals surface area contributed by atoms with Gasteiger partial charge in [-0.2, -0.15) is 0 Å². The van der Waals surface area contributed by atoms with Crippen molar-refractivity contribution in [3.8, 4) is 0 Å². The molecule has 0 saturated heterocycles. The number of hydrogen-bond donors (Lipinski definition) is 3. The van der Waals surface area contributed by atoms with Gasteiger partial charge in [0.2, 0.25) is 5.91 Å². The summed E-state index contributed by atoms with van der Waals surface area (Å²) >= 11 is 3.08. The fourth-order valence-electron chi connectivity index (χ4n) is 1.26. The van der Waals surface area contributed by atoms with Crippen LogP contribution in [0.2, 0.25) is 0 Å². The molecule has 0 aromatic heterocycles. The average molecular weight is 367 g/mol. The molecule has 10 heteroatoms. The van der Waals surface area contributed by atoms with Gasteiger partial charge >= 0.3 is 5.97 Å². The third-order valence-electron chi connectivity index (χ3n) is 2.24. The van der Waals surface area contributed by atoms with Gasteiger partial charge in [-0.1, -0.05) is 20.8 Å². The standard InChI is InChI=1S/C10H11BrN2O6S/c1-5-7(10(15)16)2-6(3-8(5)11)20(17,18)13-19-4-9(12)14/h2-3,13H,4H2,1H3,(H2,12,14)(H,15,16). The molecule has 0 fully saturated rings. The molecular weight excluding hydrogens is 356 g/mol. The van der Waals surface area contributed by atoms with Gasteiger partial charge in [0.05, 0.1) is 10.5 Å². The molecule has 0 atom stereocenters. The van der Waals surface area contributed by atoms with E-state index < -0.39 is 28.5 Å². The van der Waals surface area contributed by atoms with Gasteiger partial charge in [0.15, 0.2) is 0 Å². The third-order valence-corrected chi connectivity index (χ3v) is 4.26. The van der Waals surface area contributed by atoms with E-state index >= 15 is 0 Å². The Morgan fingerprint density at radius 2 is 2.05 bits per heavy atom. The number of aromatic carboxylic acids is 1. The van der Waals surface area contributed by atoms with Gasteiger partial charge in [0.25, 0.3) is 10.0 Å². The number of carbonyl (C=O) groups is 2. The van der Waals surface area contributed by atoms with Crippen molar-refractivity contribution in [1.82, 2.24) is 4.89 Å². The molecule has 0 unspecified atom stereocenters. The minimum atomic E-state index is -4.12. The van der Waals surface area contributed by atoms with E-state index in [1.54, 1.807) is 4.89 Å². The monoisotopic (exact) mass is 366 g/mol. The molecule has 20 heavy (non-hydrogen) atoms. The summed E-state index contributed by atoms with van der Waals surface area (Å²) in [7, 11) is -4.12. The minimum absolute atomic E-state index is 0.172. The summed E-state index contributed by atoms with van der Waals surface area (Å²) in [5.41, 5.74) is 5.00. The summed E-state index contributed by atoms with van der Waals surface area (Å²) in [6.45, 7) is 0.888. The number of carboxylic acids is 1. The number of benzene rings is 1. The Hall–Kier alpha value is -1.49. The lowest BCUT2D eigenvalue weighted by Gasteiger charge is -2.10. The highest BCUT2D eigenvalue weighted by molar-refractivity contribution is 9.10. The normalized spacial score (nSPS) is 11.3. The van der Waals surface area contributed by atoms with Crippen LogP contribution < -0.4 is 10.6 Å². The van der Waals surface area contributed by atoms with Gasteiger partial charge < -0.3 is 10.8 Å². The van der Waals surface area contributed by atoms with Crippen LogP contribution >= 0.6 is 15.9 Å².